The van der Waals surface area contributed by atoms with Gasteiger partial charge in [0.05, 0.1) is 11.3 Å². The number of amides is 3. The van der Waals surface area contributed by atoms with Crippen molar-refractivity contribution in [1.82, 2.24) is 4.90 Å². The summed E-state index contributed by atoms with van der Waals surface area (Å²) in [7, 11) is 0. The largest absolute Gasteiger partial charge is 0.399 e. The number of anilines is 2. The van der Waals surface area contributed by atoms with Crippen LogP contribution in [0.2, 0.25) is 0 Å². The first-order valence-corrected chi connectivity index (χ1v) is 9.76. The molecule has 0 radical (unpaired) electrons. The quantitative estimate of drug-likeness (QED) is 0.651. The number of rotatable bonds is 6. The first kappa shape index (κ1) is 20.4. The first-order chi connectivity index (χ1) is 14.0. The van der Waals surface area contributed by atoms with E-state index in [9.17, 15) is 14.4 Å². The first-order valence-electron chi connectivity index (χ1n) is 9.76. The molecule has 1 heterocycles. The van der Waals surface area contributed by atoms with Crippen molar-refractivity contribution in [1.29, 1.82) is 0 Å². The van der Waals surface area contributed by atoms with Gasteiger partial charge < -0.3 is 21.7 Å². The smallest absolute Gasteiger partial charge is 0.255 e. The molecule has 0 saturated carbocycles. The van der Waals surface area contributed by atoms with Crippen LogP contribution in [-0.2, 0) is 16.0 Å². The summed E-state index contributed by atoms with van der Waals surface area (Å²) in [6, 6.07) is 14.4. The molecule has 3 amide bonds. The minimum absolute atomic E-state index is 0.156. The van der Waals surface area contributed by atoms with Gasteiger partial charge in [-0.3, -0.25) is 14.4 Å². The number of nitrogens with one attached hydrogen (secondary N) is 1. The number of hydrogen-bond acceptors (Lipinski definition) is 4. The molecule has 3 rings (SSSR count). The zero-order valence-electron chi connectivity index (χ0n) is 16.3. The van der Waals surface area contributed by atoms with Crippen LogP contribution in [0.5, 0.6) is 0 Å². The summed E-state index contributed by atoms with van der Waals surface area (Å²) in [5.41, 5.74) is 13.8. The highest BCUT2D eigenvalue weighted by Crippen LogP contribution is 2.23. The van der Waals surface area contributed by atoms with Crippen LogP contribution in [0, 0.1) is 5.92 Å². The lowest BCUT2D eigenvalue weighted by atomic mass is 9.95. The Hall–Kier alpha value is -3.35. The minimum atomic E-state index is -0.316. The average molecular weight is 394 g/mol. The van der Waals surface area contributed by atoms with Gasteiger partial charge in [0.25, 0.3) is 5.91 Å². The van der Waals surface area contributed by atoms with Crippen molar-refractivity contribution in [2.45, 2.75) is 25.7 Å². The van der Waals surface area contributed by atoms with Crippen LogP contribution in [0.3, 0.4) is 0 Å². The molecular formula is C22H26N4O3. The summed E-state index contributed by atoms with van der Waals surface area (Å²) in [6.45, 7) is 0.948. The van der Waals surface area contributed by atoms with Gasteiger partial charge in [-0.1, -0.05) is 30.3 Å². The standard InChI is InChI=1S/C22H26N4O3/c23-18-7-3-1-5-15(18)9-10-20(27)25-19-8-4-2-6-17(19)22(29)26-13-11-16(12-14-26)21(24)28/h1-8,16H,9-14,23H2,(H2,24,28)(H,25,27). The van der Waals surface area contributed by atoms with E-state index in [-0.39, 0.29) is 30.1 Å². The molecule has 2 aromatic carbocycles. The van der Waals surface area contributed by atoms with Crippen LogP contribution in [0.25, 0.3) is 0 Å². The summed E-state index contributed by atoms with van der Waals surface area (Å²) >= 11 is 0. The molecule has 152 valence electrons. The van der Waals surface area contributed by atoms with Crippen LogP contribution >= 0.6 is 0 Å². The van der Waals surface area contributed by atoms with Gasteiger partial charge in [0.2, 0.25) is 11.8 Å². The van der Waals surface area contributed by atoms with Crippen LogP contribution in [0.1, 0.15) is 35.2 Å². The van der Waals surface area contributed by atoms with Crippen molar-refractivity contribution in [2.24, 2.45) is 11.7 Å². The average Bonchev–Trinajstić information content (AvgIpc) is 2.73. The zero-order chi connectivity index (χ0) is 20.8. The van der Waals surface area contributed by atoms with Crippen molar-refractivity contribution in [3.63, 3.8) is 0 Å². The SMILES string of the molecule is NC(=O)C1CCN(C(=O)c2ccccc2NC(=O)CCc2ccccc2N)CC1. The molecular weight excluding hydrogens is 368 g/mol. The molecule has 7 heteroatoms. The van der Waals surface area contributed by atoms with E-state index in [2.05, 4.69) is 5.32 Å². The second-order valence-corrected chi connectivity index (χ2v) is 7.26. The van der Waals surface area contributed by atoms with Crippen molar-refractivity contribution in [3.8, 4) is 0 Å². The van der Waals surface area contributed by atoms with Crippen molar-refractivity contribution >= 4 is 29.1 Å². The highest BCUT2D eigenvalue weighted by atomic mass is 16.2. The molecule has 0 spiro atoms. The maximum Gasteiger partial charge on any atom is 0.255 e. The predicted octanol–water partition coefficient (Wildman–Crippen LogP) is 2.18. The minimum Gasteiger partial charge on any atom is -0.399 e. The third-order valence-electron chi connectivity index (χ3n) is 5.29. The normalized spacial score (nSPS) is 14.4. The fourth-order valence-corrected chi connectivity index (χ4v) is 3.54. The third kappa shape index (κ3) is 5.13. The topological polar surface area (TPSA) is 119 Å². The molecule has 1 aliphatic rings. The number of likely N-dealkylation sites (tertiary alicyclic amines) is 1. The van der Waals surface area contributed by atoms with Crippen LogP contribution in [0.15, 0.2) is 48.5 Å². The van der Waals surface area contributed by atoms with E-state index in [1.165, 1.54) is 0 Å². The second kappa shape index (κ2) is 9.23. The number of nitrogens with two attached hydrogens (primary N) is 2. The highest BCUT2D eigenvalue weighted by molar-refractivity contribution is 6.03. The number of primary amides is 1. The fraction of sp³-hybridized carbons (Fsp3) is 0.318. The van der Waals surface area contributed by atoms with E-state index in [0.29, 0.717) is 49.3 Å². The zero-order valence-corrected chi connectivity index (χ0v) is 16.3. The Balaban J connectivity index is 1.63. The lowest BCUT2D eigenvalue weighted by molar-refractivity contribution is -0.123. The van der Waals surface area contributed by atoms with E-state index in [1.807, 2.05) is 24.3 Å². The number of carbonyl (C=O) groups is 3. The van der Waals surface area contributed by atoms with Crippen LogP contribution in [-0.4, -0.2) is 35.7 Å². The summed E-state index contributed by atoms with van der Waals surface area (Å²) in [6.07, 6.45) is 1.91. The van der Waals surface area contributed by atoms with E-state index >= 15 is 0 Å². The molecule has 2 aromatic rings. The van der Waals surface area contributed by atoms with Crippen LogP contribution < -0.4 is 16.8 Å². The molecule has 0 aliphatic carbocycles. The number of benzene rings is 2. The fourth-order valence-electron chi connectivity index (χ4n) is 3.54. The molecule has 29 heavy (non-hydrogen) atoms. The Morgan fingerprint density at radius 2 is 1.66 bits per heavy atom. The molecule has 0 bridgehead atoms. The number of nitrogen functional groups attached to an aromatic ring is 1. The van der Waals surface area contributed by atoms with Gasteiger partial charge >= 0.3 is 0 Å². The molecule has 0 unspecified atom stereocenters. The van der Waals surface area contributed by atoms with Crippen molar-refractivity contribution in [2.75, 3.05) is 24.1 Å². The van der Waals surface area contributed by atoms with E-state index in [0.717, 1.165) is 5.56 Å². The Morgan fingerprint density at radius 3 is 2.34 bits per heavy atom. The molecule has 1 saturated heterocycles. The molecule has 5 N–H and O–H groups in total. The van der Waals surface area contributed by atoms with Gasteiger partial charge in [-0.2, -0.15) is 0 Å². The Labute approximate surface area is 170 Å². The maximum absolute atomic E-state index is 12.9. The van der Waals surface area contributed by atoms with Gasteiger partial charge in [-0.25, -0.2) is 0 Å². The Bertz CT molecular complexity index is 904. The summed E-state index contributed by atoms with van der Waals surface area (Å²) in [4.78, 5) is 38.4. The lowest BCUT2D eigenvalue weighted by Crippen LogP contribution is -2.42. The maximum atomic E-state index is 12.9. The number of nitrogens with zero attached hydrogens (tertiary/aromatic N) is 1. The monoisotopic (exact) mass is 394 g/mol. The second-order valence-electron chi connectivity index (χ2n) is 7.26. The van der Waals surface area contributed by atoms with E-state index < -0.39 is 0 Å². The number of carbonyl (C=O) groups excluding carboxylic acids is 3. The summed E-state index contributed by atoms with van der Waals surface area (Å²) < 4.78 is 0. The molecule has 0 aromatic heterocycles. The highest BCUT2D eigenvalue weighted by Gasteiger charge is 2.27. The van der Waals surface area contributed by atoms with E-state index in [4.69, 9.17) is 11.5 Å². The van der Waals surface area contributed by atoms with Gasteiger partial charge in [0.1, 0.15) is 0 Å². The number of piperidine rings is 1. The summed E-state index contributed by atoms with van der Waals surface area (Å²) in [5.74, 6) is -0.833. The van der Waals surface area contributed by atoms with E-state index in [1.54, 1.807) is 29.2 Å². The lowest BCUT2D eigenvalue weighted by Gasteiger charge is -2.31. The number of hydrogen-bond donors (Lipinski definition) is 3. The third-order valence-corrected chi connectivity index (χ3v) is 5.29. The predicted molar refractivity (Wildman–Crippen MR) is 112 cm³/mol. The molecule has 0 atom stereocenters. The number of aryl methyl sites for hydroxylation is 1. The van der Waals surface area contributed by atoms with Crippen LogP contribution in [0.4, 0.5) is 11.4 Å². The number of para-hydroxylation sites is 2. The Morgan fingerprint density at radius 1 is 1.00 bits per heavy atom. The Kier molecular flexibility index (Phi) is 6.49. The molecule has 1 aliphatic heterocycles. The van der Waals surface area contributed by atoms with Gasteiger partial charge in [0, 0.05) is 31.1 Å². The molecule has 7 nitrogen and oxygen atoms in total. The summed E-state index contributed by atoms with van der Waals surface area (Å²) in [5, 5.41) is 2.85. The van der Waals surface area contributed by atoms with Crippen molar-refractivity contribution < 1.29 is 14.4 Å². The van der Waals surface area contributed by atoms with Crippen molar-refractivity contribution in [3.05, 3.63) is 59.7 Å². The van der Waals surface area contributed by atoms with Gasteiger partial charge in [-0.05, 0) is 43.0 Å². The molecule has 1 fully saturated rings. The van der Waals surface area contributed by atoms with Gasteiger partial charge in [0.15, 0.2) is 0 Å². The van der Waals surface area contributed by atoms with Gasteiger partial charge in [-0.15, -0.1) is 0 Å².